The quantitative estimate of drug-likeness (QED) is 0.759. The van der Waals surface area contributed by atoms with Crippen molar-refractivity contribution < 1.29 is 22.8 Å². The summed E-state index contributed by atoms with van der Waals surface area (Å²) in [5.41, 5.74) is -3.05. The van der Waals surface area contributed by atoms with Gasteiger partial charge in [0.1, 0.15) is 0 Å². The van der Waals surface area contributed by atoms with Crippen LogP contribution in [0.4, 0.5) is 18.9 Å². The second-order valence-corrected chi connectivity index (χ2v) is 7.24. The molecule has 2 aromatic carbocycles. The molecule has 0 unspecified atom stereocenters. The Labute approximate surface area is 158 Å². The van der Waals surface area contributed by atoms with Gasteiger partial charge in [0.05, 0.1) is 0 Å². The molecule has 1 fully saturated rings. The van der Waals surface area contributed by atoms with Crippen LogP contribution in [0.25, 0.3) is 0 Å². The highest BCUT2D eigenvalue weighted by Gasteiger charge is 2.29. The van der Waals surface area contributed by atoms with Crippen LogP contribution >= 0.6 is 11.8 Å². The fraction of sp³-hybridized carbons (Fsp3) is 0.263. The van der Waals surface area contributed by atoms with E-state index in [4.69, 9.17) is 0 Å². The fourth-order valence-electron chi connectivity index (χ4n) is 2.81. The summed E-state index contributed by atoms with van der Waals surface area (Å²) < 4.78 is 37.0. The van der Waals surface area contributed by atoms with Crippen molar-refractivity contribution in [2.45, 2.75) is 23.2 Å². The number of hydrogen-bond donors (Lipinski definition) is 1. The number of alkyl halides is 3. The third-order valence-corrected chi connectivity index (χ3v) is 4.87. The lowest BCUT2D eigenvalue weighted by atomic mass is 10.1. The van der Waals surface area contributed by atoms with Gasteiger partial charge in [-0.15, -0.1) is 0 Å². The van der Waals surface area contributed by atoms with Crippen molar-refractivity contribution in [1.29, 1.82) is 0 Å². The van der Waals surface area contributed by atoms with Crippen LogP contribution in [-0.4, -0.2) is 35.3 Å². The molecule has 1 aliphatic heterocycles. The van der Waals surface area contributed by atoms with Gasteiger partial charge in [-0.2, -0.15) is 13.2 Å². The minimum atomic E-state index is -4.36. The van der Waals surface area contributed by atoms with Crippen molar-refractivity contribution in [3.05, 3.63) is 59.7 Å². The molecule has 142 valence electrons. The first kappa shape index (κ1) is 19.3. The average Bonchev–Trinajstić information content (AvgIpc) is 3.15. The van der Waals surface area contributed by atoms with E-state index < -0.39 is 11.4 Å². The first-order valence-electron chi connectivity index (χ1n) is 8.38. The summed E-state index contributed by atoms with van der Waals surface area (Å²) in [5, 5.41) is 2.67. The summed E-state index contributed by atoms with van der Waals surface area (Å²) in [7, 11) is 0. The number of hydrogen-bond acceptors (Lipinski definition) is 3. The molecule has 4 nitrogen and oxygen atoms in total. The maximum Gasteiger partial charge on any atom is 0.446 e. The van der Waals surface area contributed by atoms with Crippen LogP contribution in [0.2, 0.25) is 0 Å². The zero-order valence-electron chi connectivity index (χ0n) is 14.3. The summed E-state index contributed by atoms with van der Waals surface area (Å²) in [4.78, 5) is 26.3. The van der Waals surface area contributed by atoms with Crippen LogP contribution in [0.3, 0.4) is 0 Å². The average molecular weight is 394 g/mol. The molecule has 8 heteroatoms. The summed E-state index contributed by atoms with van der Waals surface area (Å²) in [6.07, 6.45) is 2.03. The Morgan fingerprint density at radius 1 is 0.889 bits per heavy atom. The lowest BCUT2D eigenvalue weighted by molar-refractivity contribution is -0.0328. The highest BCUT2D eigenvalue weighted by Crippen LogP contribution is 2.36. The number of halogens is 3. The zero-order valence-corrected chi connectivity index (χ0v) is 15.1. The largest absolute Gasteiger partial charge is 0.446 e. The monoisotopic (exact) mass is 394 g/mol. The molecule has 1 aliphatic rings. The van der Waals surface area contributed by atoms with Gasteiger partial charge in [0.25, 0.3) is 11.8 Å². The third kappa shape index (κ3) is 5.26. The second-order valence-electron chi connectivity index (χ2n) is 6.10. The predicted molar refractivity (Wildman–Crippen MR) is 97.9 cm³/mol. The molecule has 3 rings (SSSR count). The van der Waals surface area contributed by atoms with E-state index in [1.54, 1.807) is 29.2 Å². The molecule has 0 aromatic heterocycles. The first-order valence-corrected chi connectivity index (χ1v) is 9.20. The van der Waals surface area contributed by atoms with Crippen LogP contribution < -0.4 is 5.32 Å². The van der Waals surface area contributed by atoms with E-state index in [2.05, 4.69) is 5.32 Å². The second kappa shape index (κ2) is 8.04. The minimum Gasteiger partial charge on any atom is -0.339 e. The molecule has 0 atom stereocenters. The van der Waals surface area contributed by atoms with Gasteiger partial charge >= 0.3 is 5.51 Å². The first-order chi connectivity index (χ1) is 12.8. The van der Waals surface area contributed by atoms with Crippen LogP contribution in [0.15, 0.2) is 53.4 Å². The van der Waals surface area contributed by atoms with E-state index in [1.165, 1.54) is 24.3 Å². The molecular formula is C19H17F3N2O2S. The third-order valence-electron chi connectivity index (χ3n) is 4.13. The molecule has 2 amide bonds. The van der Waals surface area contributed by atoms with Gasteiger partial charge in [0.15, 0.2) is 0 Å². The minimum absolute atomic E-state index is 0.0174. The van der Waals surface area contributed by atoms with E-state index in [1.807, 2.05) is 0 Å². The van der Waals surface area contributed by atoms with Crippen molar-refractivity contribution in [3.63, 3.8) is 0 Å². The van der Waals surface area contributed by atoms with E-state index in [0.717, 1.165) is 25.9 Å². The SMILES string of the molecule is O=C(Nc1ccc(C(=O)N2CCCC2)cc1)c1ccc(SC(F)(F)F)cc1. The molecule has 1 N–H and O–H groups in total. The van der Waals surface area contributed by atoms with E-state index >= 15 is 0 Å². The van der Waals surface area contributed by atoms with E-state index in [-0.39, 0.29) is 28.1 Å². The number of likely N-dealkylation sites (tertiary alicyclic amines) is 1. The molecule has 1 heterocycles. The maximum absolute atomic E-state index is 12.3. The van der Waals surface area contributed by atoms with Crippen LogP contribution in [-0.2, 0) is 0 Å². The van der Waals surface area contributed by atoms with Crippen molar-refractivity contribution in [2.75, 3.05) is 18.4 Å². The van der Waals surface area contributed by atoms with Gasteiger partial charge < -0.3 is 10.2 Å². The molecule has 0 bridgehead atoms. The number of thioether (sulfide) groups is 1. The molecule has 2 aromatic rings. The molecule has 1 saturated heterocycles. The summed E-state index contributed by atoms with van der Waals surface area (Å²) >= 11 is -0.228. The van der Waals surface area contributed by atoms with Gasteiger partial charge in [0.2, 0.25) is 0 Å². The van der Waals surface area contributed by atoms with Crippen LogP contribution in [0.1, 0.15) is 33.6 Å². The van der Waals surface area contributed by atoms with Gasteiger partial charge in [-0.25, -0.2) is 0 Å². The predicted octanol–water partition coefficient (Wildman–Crippen LogP) is 4.79. The van der Waals surface area contributed by atoms with Crippen molar-refractivity contribution in [3.8, 4) is 0 Å². The van der Waals surface area contributed by atoms with Gasteiger partial charge in [-0.1, -0.05) is 0 Å². The Morgan fingerprint density at radius 2 is 1.44 bits per heavy atom. The number of nitrogens with zero attached hydrogens (tertiary/aromatic N) is 1. The number of nitrogens with one attached hydrogen (secondary N) is 1. The van der Waals surface area contributed by atoms with Crippen LogP contribution in [0.5, 0.6) is 0 Å². The Hall–Kier alpha value is -2.48. The Morgan fingerprint density at radius 3 is 2.00 bits per heavy atom. The van der Waals surface area contributed by atoms with Gasteiger partial charge in [-0.3, -0.25) is 9.59 Å². The molecular weight excluding hydrogens is 377 g/mol. The summed E-state index contributed by atoms with van der Waals surface area (Å²) in [6, 6.07) is 11.8. The van der Waals surface area contributed by atoms with Gasteiger partial charge in [-0.05, 0) is 73.1 Å². The Bertz CT molecular complexity index is 814. The topological polar surface area (TPSA) is 49.4 Å². The smallest absolute Gasteiger partial charge is 0.339 e. The standard InChI is InChI=1S/C19H17F3N2O2S/c20-19(21,22)27-16-9-5-13(6-10-16)17(25)23-15-7-3-14(4-8-15)18(26)24-11-1-2-12-24/h3-10H,1-2,11-12H2,(H,23,25). The fourth-order valence-corrected chi connectivity index (χ4v) is 3.35. The highest BCUT2D eigenvalue weighted by atomic mass is 32.2. The number of carbonyl (C=O) groups is 2. The highest BCUT2D eigenvalue weighted by molar-refractivity contribution is 8.00. The lowest BCUT2D eigenvalue weighted by Crippen LogP contribution is -2.27. The summed E-state index contributed by atoms with van der Waals surface area (Å²) in [6.45, 7) is 1.53. The lowest BCUT2D eigenvalue weighted by Gasteiger charge is -2.15. The van der Waals surface area contributed by atoms with E-state index in [9.17, 15) is 22.8 Å². The van der Waals surface area contributed by atoms with Gasteiger partial charge in [0, 0.05) is 34.8 Å². The number of benzene rings is 2. The number of carbonyl (C=O) groups excluding carboxylic acids is 2. The maximum atomic E-state index is 12.3. The molecule has 0 spiro atoms. The normalized spacial score (nSPS) is 14.3. The van der Waals surface area contributed by atoms with Crippen molar-refractivity contribution in [1.82, 2.24) is 4.90 Å². The number of rotatable bonds is 4. The molecule has 0 saturated carbocycles. The Balaban J connectivity index is 1.61. The molecule has 0 aliphatic carbocycles. The van der Waals surface area contributed by atoms with Crippen molar-refractivity contribution >= 4 is 29.3 Å². The molecule has 0 radical (unpaired) electrons. The van der Waals surface area contributed by atoms with Crippen molar-refractivity contribution in [2.24, 2.45) is 0 Å². The molecule has 27 heavy (non-hydrogen) atoms. The zero-order chi connectivity index (χ0) is 19.4. The number of amides is 2. The van der Waals surface area contributed by atoms with Crippen LogP contribution in [0, 0.1) is 0 Å². The Kier molecular flexibility index (Phi) is 5.74. The summed E-state index contributed by atoms with van der Waals surface area (Å²) in [5.74, 6) is -0.458. The number of anilines is 1. The van der Waals surface area contributed by atoms with E-state index in [0.29, 0.717) is 11.3 Å².